The fourth-order valence-electron chi connectivity index (χ4n) is 3.39. The summed E-state index contributed by atoms with van der Waals surface area (Å²) in [5.74, 6) is 0. The highest BCUT2D eigenvalue weighted by molar-refractivity contribution is 6.10. The summed E-state index contributed by atoms with van der Waals surface area (Å²) in [5, 5.41) is 4.81. The normalized spacial score (nSPS) is 11.5. The number of furan rings is 1. The van der Waals surface area contributed by atoms with Crippen molar-refractivity contribution >= 4 is 32.7 Å². The molecule has 0 bridgehead atoms. The molecule has 0 aliphatic heterocycles. The van der Waals surface area contributed by atoms with Crippen LogP contribution in [0.5, 0.6) is 0 Å². The van der Waals surface area contributed by atoms with E-state index in [4.69, 9.17) is 4.42 Å². The number of rotatable bonds is 1. The minimum absolute atomic E-state index is 0.941. The summed E-state index contributed by atoms with van der Waals surface area (Å²) in [6.45, 7) is 2.11. The SMILES string of the molecule is Cc1ccc(-c2ccc3oc4cc5ccccc5cc4c3c2)cc1. The molecular formula is C23H16O. The van der Waals surface area contributed by atoms with Gasteiger partial charge in [-0.25, -0.2) is 0 Å². The van der Waals surface area contributed by atoms with E-state index in [2.05, 4.69) is 85.8 Å². The topological polar surface area (TPSA) is 13.1 Å². The number of hydrogen-bond acceptors (Lipinski definition) is 1. The van der Waals surface area contributed by atoms with Gasteiger partial charge >= 0.3 is 0 Å². The van der Waals surface area contributed by atoms with Gasteiger partial charge in [0.15, 0.2) is 0 Å². The van der Waals surface area contributed by atoms with Crippen LogP contribution in [0.4, 0.5) is 0 Å². The quantitative estimate of drug-likeness (QED) is 0.335. The van der Waals surface area contributed by atoms with Gasteiger partial charge in [-0.2, -0.15) is 0 Å². The Bertz CT molecular complexity index is 1190. The summed E-state index contributed by atoms with van der Waals surface area (Å²) in [4.78, 5) is 0. The van der Waals surface area contributed by atoms with Crippen molar-refractivity contribution in [2.75, 3.05) is 0 Å². The molecule has 0 aliphatic rings. The predicted octanol–water partition coefficient (Wildman–Crippen LogP) is 6.71. The molecule has 0 saturated carbocycles. The molecule has 0 spiro atoms. The number of aryl methyl sites for hydroxylation is 1. The Hall–Kier alpha value is -3.06. The molecule has 0 amide bonds. The number of fused-ring (bicyclic) bond motifs is 4. The zero-order valence-electron chi connectivity index (χ0n) is 13.4. The number of hydrogen-bond donors (Lipinski definition) is 0. The van der Waals surface area contributed by atoms with Gasteiger partial charge in [-0.15, -0.1) is 0 Å². The Morgan fingerprint density at radius 1 is 0.583 bits per heavy atom. The Kier molecular flexibility index (Phi) is 2.77. The summed E-state index contributed by atoms with van der Waals surface area (Å²) in [6.07, 6.45) is 0. The van der Waals surface area contributed by atoms with E-state index in [0.29, 0.717) is 0 Å². The first-order valence-corrected chi connectivity index (χ1v) is 8.20. The van der Waals surface area contributed by atoms with Crippen molar-refractivity contribution in [3.05, 3.63) is 84.4 Å². The van der Waals surface area contributed by atoms with Crippen molar-refractivity contribution in [2.24, 2.45) is 0 Å². The Morgan fingerprint density at radius 3 is 2.04 bits per heavy atom. The fourth-order valence-corrected chi connectivity index (χ4v) is 3.39. The molecule has 1 heterocycles. The summed E-state index contributed by atoms with van der Waals surface area (Å²) in [5.41, 5.74) is 5.62. The van der Waals surface area contributed by atoms with Crippen molar-refractivity contribution < 1.29 is 4.42 Å². The van der Waals surface area contributed by atoms with E-state index in [1.165, 1.54) is 38.2 Å². The van der Waals surface area contributed by atoms with Crippen LogP contribution in [0.1, 0.15) is 5.56 Å². The van der Waals surface area contributed by atoms with Gasteiger partial charge in [-0.05, 0) is 53.1 Å². The molecular weight excluding hydrogens is 292 g/mol. The second kappa shape index (κ2) is 4.97. The molecule has 0 fully saturated rings. The van der Waals surface area contributed by atoms with E-state index in [1.54, 1.807) is 0 Å². The largest absolute Gasteiger partial charge is 0.456 e. The van der Waals surface area contributed by atoms with E-state index in [0.717, 1.165) is 11.2 Å². The lowest BCUT2D eigenvalue weighted by atomic mass is 10.0. The average molecular weight is 308 g/mol. The van der Waals surface area contributed by atoms with Crippen LogP contribution in [0, 0.1) is 6.92 Å². The maximum absolute atomic E-state index is 6.07. The summed E-state index contributed by atoms with van der Waals surface area (Å²) >= 11 is 0. The molecule has 5 aromatic rings. The molecule has 24 heavy (non-hydrogen) atoms. The van der Waals surface area contributed by atoms with Crippen molar-refractivity contribution in [1.29, 1.82) is 0 Å². The molecule has 0 N–H and O–H groups in total. The van der Waals surface area contributed by atoms with E-state index < -0.39 is 0 Å². The lowest BCUT2D eigenvalue weighted by Gasteiger charge is -2.02. The molecule has 0 aliphatic carbocycles. The molecule has 114 valence electrons. The molecule has 0 unspecified atom stereocenters. The van der Waals surface area contributed by atoms with Crippen molar-refractivity contribution in [2.45, 2.75) is 6.92 Å². The van der Waals surface area contributed by atoms with Crippen molar-refractivity contribution in [3.63, 3.8) is 0 Å². The highest BCUT2D eigenvalue weighted by atomic mass is 16.3. The van der Waals surface area contributed by atoms with Crippen LogP contribution in [0.3, 0.4) is 0 Å². The highest BCUT2D eigenvalue weighted by Gasteiger charge is 2.09. The molecule has 5 rings (SSSR count). The van der Waals surface area contributed by atoms with Crippen LogP contribution in [0.25, 0.3) is 43.8 Å². The van der Waals surface area contributed by atoms with Crippen molar-refractivity contribution in [1.82, 2.24) is 0 Å². The van der Waals surface area contributed by atoms with Gasteiger partial charge in [0.2, 0.25) is 0 Å². The smallest absolute Gasteiger partial charge is 0.136 e. The third kappa shape index (κ3) is 2.02. The standard InChI is InChI=1S/C23H16O/c1-15-6-8-16(9-7-15)19-10-11-22-20(13-19)21-12-17-4-2-3-5-18(17)14-23(21)24-22/h2-14H,1H3. The van der Waals surface area contributed by atoms with Crippen LogP contribution in [-0.4, -0.2) is 0 Å². The van der Waals surface area contributed by atoms with Gasteiger partial charge in [0.1, 0.15) is 11.2 Å². The highest BCUT2D eigenvalue weighted by Crippen LogP contribution is 2.34. The van der Waals surface area contributed by atoms with E-state index in [9.17, 15) is 0 Å². The van der Waals surface area contributed by atoms with Crippen LogP contribution in [0.15, 0.2) is 83.3 Å². The summed E-state index contributed by atoms with van der Waals surface area (Å²) < 4.78 is 6.07. The van der Waals surface area contributed by atoms with E-state index in [1.807, 2.05) is 0 Å². The Labute approximate surface area is 140 Å². The van der Waals surface area contributed by atoms with Gasteiger partial charge in [-0.3, -0.25) is 0 Å². The molecule has 0 saturated heterocycles. The van der Waals surface area contributed by atoms with Gasteiger partial charge in [0.25, 0.3) is 0 Å². The van der Waals surface area contributed by atoms with Crippen LogP contribution >= 0.6 is 0 Å². The maximum Gasteiger partial charge on any atom is 0.136 e. The number of benzene rings is 4. The van der Waals surface area contributed by atoms with Crippen LogP contribution < -0.4 is 0 Å². The minimum atomic E-state index is 0.941. The monoisotopic (exact) mass is 308 g/mol. The fraction of sp³-hybridized carbons (Fsp3) is 0.0435. The van der Waals surface area contributed by atoms with Crippen molar-refractivity contribution in [3.8, 4) is 11.1 Å². The summed E-state index contributed by atoms with van der Waals surface area (Å²) in [7, 11) is 0. The molecule has 0 atom stereocenters. The maximum atomic E-state index is 6.07. The van der Waals surface area contributed by atoms with E-state index >= 15 is 0 Å². The van der Waals surface area contributed by atoms with Gasteiger partial charge < -0.3 is 4.42 Å². The molecule has 1 heteroatoms. The van der Waals surface area contributed by atoms with Gasteiger partial charge in [-0.1, -0.05) is 60.2 Å². The third-order valence-electron chi connectivity index (χ3n) is 4.72. The van der Waals surface area contributed by atoms with Gasteiger partial charge in [0, 0.05) is 10.8 Å². The first-order chi connectivity index (χ1) is 11.8. The first kappa shape index (κ1) is 13.4. The second-order valence-corrected chi connectivity index (χ2v) is 6.37. The zero-order chi connectivity index (χ0) is 16.1. The first-order valence-electron chi connectivity index (χ1n) is 8.20. The Morgan fingerprint density at radius 2 is 1.25 bits per heavy atom. The molecule has 1 nitrogen and oxygen atoms in total. The molecule has 0 radical (unpaired) electrons. The van der Waals surface area contributed by atoms with Crippen LogP contribution in [-0.2, 0) is 0 Å². The average Bonchev–Trinajstić information content (AvgIpc) is 2.97. The second-order valence-electron chi connectivity index (χ2n) is 6.37. The molecule has 4 aromatic carbocycles. The lowest BCUT2D eigenvalue weighted by molar-refractivity contribution is 0.669. The van der Waals surface area contributed by atoms with E-state index in [-0.39, 0.29) is 0 Å². The lowest BCUT2D eigenvalue weighted by Crippen LogP contribution is -1.78. The predicted molar refractivity (Wildman–Crippen MR) is 101 cm³/mol. The zero-order valence-corrected chi connectivity index (χ0v) is 13.4. The van der Waals surface area contributed by atoms with Gasteiger partial charge in [0.05, 0.1) is 0 Å². The third-order valence-corrected chi connectivity index (χ3v) is 4.72. The minimum Gasteiger partial charge on any atom is -0.456 e. The van der Waals surface area contributed by atoms with Crippen LogP contribution in [0.2, 0.25) is 0 Å². The summed E-state index contributed by atoms with van der Waals surface area (Å²) in [6, 6.07) is 27.9. The molecule has 1 aromatic heterocycles. The Balaban J connectivity index is 1.79.